The average Bonchev–Trinajstić information content (AvgIpc) is 3.13. The van der Waals surface area contributed by atoms with Crippen molar-refractivity contribution in [3.05, 3.63) is 41.7 Å². The summed E-state index contributed by atoms with van der Waals surface area (Å²) in [5, 5.41) is 6.93. The Hall–Kier alpha value is -2.54. The molecule has 1 atom stereocenters. The second kappa shape index (κ2) is 8.02. The first-order valence-electron chi connectivity index (χ1n) is 8.50. The van der Waals surface area contributed by atoms with Gasteiger partial charge in [0.05, 0.1) is 7.11 Å². The minimum Gasteiger partial charge on any atom is -0.493 e. The molecule has 3 rings (SSSR count). The standard InChI is InChI=1S/C18H24N4O3/c1-24-16-6-2-3-7-17(16)25-10-9-22-8-4-5-13(12-22)14-11-15(18(19)23)21-20-14/h2-3,6-7,11,13H,4-5,8-10,12H2,1H3,(H2,19,23)(H,20,21)/t13-/m0/s1. The number of hydrogen-bond acceptors (Lipinski definition) is 5. The fourth-order valence-electron chi connectivity index (χ4n) is 3.21. The lowest BCUT2D eigenvalue weighted by molar-refractivity contribution is 0.0995. The van der Waals surface area contributed by atoms with Crippen molar-refractivity contribution in [1.29, 1.82) is 0 Å². The number of para-hydroxylation sites is 2. The Kier molecular flexibility index (Phi) is 5.55. The molecule has 0 spiro atoms. The van der Waals surface area contributed by atoms with Crippen LogP contribution in [0.2, 0.25) is 0 Å². The number of methoxy groups -OCH3 is 1. The summed E-state index contributed by atoms with van der Waals surface area (Å²) in [7, 11) is 1.64. The molecule has 0 unspecified atom stereocenters. The average molecular weight is 344 g/mol. The molecule has 1 amide bonds. The zero-order valence-electron chi connectivity index (χ0n) is 14.4. The van der Waals surface area contributed by atoms with E-state index in [4.69, 9.17) is 15.2 Å². The molecule has 1 saturated heterocycles. The molecular weight excluding hydrogens is 320 g/mol. The molecule has 0 saturated carbocycles. The van der Waals surface area contributed by atoms with Gasteiger partial charge in [0, 0.05) is 24.7 Å². The number of carbonyl (C=O) groups excluding carboxylic acids is 1. The summed E-state index contributed by atoms with van der Waals surface area (Å²) in [6, 6.07) is 9.42. The summed E-state index contributed by atoms with van der Waals surface area (Å²) in [5.41, 5.74) is 6.54. The summed E-state index contributed by atoms with van der Waals surface area (Å²) >= 11 is 0. The zero-order valence-corrected chi connectivity index (χ0v) is 14.4. The number of amides is 1. The fourth-order valence-corrected chi connectivity index (χ4v) is 3.21. The maximum Gasteiger partial charge on any atom is 0.269 e. The van der Waals surface area contributed by atoms with Gasteiger partial charge in [0.1, 0.15) is 12.3 Å². The highest BCUT2D eigenvalue weighted by molar-refractivity contribution is 5.90. The van der Waals surface area contributed by atoms with E-state index in [1.165, 1.54) is 0 Å². The molecule has 0 radical (unpaired) electrons. The quantitative estimate of drug-likeness (QED) is 0.798. The van der Waals surface area contributed by atoms with Crippen LogP contribution in [0.25, 0.3) is 0 Å². The maximum absolute atomic E-state index is 11.2. The molecule has 3 N–H and O–H groups in total. The Morgan fingerprint density at radius 1 is 1.40 bits per heavy atom. The highest BCUT2D eigenvalue weighted by Gasteiger charge is 2.23. The lowest BCUT2D eigenvalue weighted by Crippen LogP contribution is -2.37. The number of H-pyrrole nitrogens is 1. The van der Waals surface area contributed by atoms with E-state index in [-0.39, 0.29) is 0 Å². The van der Waals surface area contributed by atoms with Gasteiger partial charge < -0.3 is 15.2 Å². The van der Waals surface area contributed by atoms with Gasteiger partial charge in [0.2, 0.25) is 0 Å². The number of primary amides is 1. The normalized spacial score (nSPS) is 18.0. The SMILES string of the molecule is COc1ccccc1OCCN1CCC[C@H](c2cc(C(N)=O)n[nH]2)C1. The number of piperidine rings is 1. The van der Waals surface area contributed by atoms with Gasteiger partial charge in [0.15, 0.2) is 11.5 Å². The first-order valence-corrected chi connectivity index (χ1v) is 8.50. The molecule has 0 bridgehead atoms. The number of aromatic amines is 1. The van der Waals surface area contributed by atoms with Crippen LogP contribution in [-0.2, 0) is 0 Å². The van der Waals surface area contributed by atoms with Crippen molar-refractivity contribution in [2.75, 3.05) is 33.4 Å². The van der Waals surface area contributed by atoms with Crippen molar-refractivity contribution in [2.24, 2.45) is 5.73 Å². The van der Waals surface area contributed by atoms with E-state index < -0.39 is 5.91 Å². The number of nitrogens with two attached hydrogens (primary N) is 1. The Labute approximate surface area is 147 Å². The molecule has 2 aromatic rings. The minimum absolute atomic E-state index is 0.298. The molecule has 2 heterocycles. The number of benzene rings is 1. The highest BCUT2D eigenvalue weighted by Crippen LogP contribution is 2.27. The number of likely N-dealkylation sites (tertiary alicyclic amines) is 1. The van der Waals surface area contributed by atoms with Gasteiger partial charge in [-0.15, -0.1) is 0 Å². The van der Waals surface area contributed by atoms with Crippen molar-refractivity contribution in [3.8, 4) is 11.5 Å². The van der Waals surface area contributed by atoms with Gasteiger partial charge in [-0.25, -0.2) is 0 Å². The molecule has 7 heteroatoms. The summed E-state index contributed by atoms with van der Waals surface area (Å²) in [6.45, 7) is 3.40. The Morgan fingerprint density at radius 2 is 2.20 bits per heavy atom. The van der Waals surface area contributed by atoms with Crippen LogP contribution in [0, 0.1) is 0 Å². The topological polar surface area (TPSA) is 93.5 Å². The van der Waals surface area contributed by atoms with Crippen LogP contribution >= 0.6 is 0 Å². The third kappa shape index (κ3) is 4.30. The van der Waals surface area contributed by atoms with Crippen LogP contribution < -0.4 is 15.2 Å². The highest BCUT2D eigenvalue weighted by atomic mass is 16.5. The summed E-state index contributed by atoms with van der Waals surface area (Å²) < 4.78 is 11.2. The van der Waals surface area contributed by atoms with E-state index in [1.807, 2.05) is 24.3 Å². The largest absolute Gasteiger partial charge is 0.493 e. The van der Waals surface area contributed by atoms with Crippen LogP contribution in [0.5, 0.6) is 11.5 Å². The van der Waals surface area contributed by atoms with Gasteiger partial charge in [-0.3, -0.25) is 14.8 Å². The summed E-state index contributed by atoms with van der Waals surface area (Å²) in [4.78, 5) is 13.6. The van der Waals surface area contributed by atoms with Crippen LogP contribution in [0.1, 0.15) is 34.9 Å². The molecule has 1 fully saturated rings. The van der Waals surface area contributed by atoms with Crippen LogP contribution in [0.15, 0.2) is 30.3 Å². The molecule has 1 aromatic carbocycles. The zero-order chi connectivity index (χ0) is 17.6. The number of ether oxygens (including phenoxy) is 2. The molecular formula is C18H24N4O3. The molecule has 1 aromatic heterocycles. The lowest BCUT2D eigenvalue weighted by atomic mass is 9.94. The van der Waals surface area contributed by atoms with E-state index in [9.17, 15) is 4.79 Å². The van der Waals surface area contributed by atoms with Crippen LogP contribution in [0.3, 0.4) is 0 Å². The first-order chi connectivity index (χ1) is 12.2. The summed E-state index contributed by atoms with van der Waals surface area (Å²) in [6.07, 6.45) is 2.18. The van der Waals surface area contributed by atoms with E-state index in [0.29, 0.717) is 18.2 Å². The Balaban J connectivity index is 1.52. The van der Waals surface area contributed by atoms with Crippen molar-refractivity contribution >= 4 is 5.91 Å². The number of nitrogens with zero attached hydrogens (tertiary/aromatic N) is 2. The summed E-state index contributed by atoms with van der Waals surface area (Å²) in [5.74, 6) is 1.34. The predicted octanol–water partition coefficient (Wildman–Crippen LogP) is 1.78. The molecule has 1 aliphatic rings. The lowest BCUT2D eigenvalue weighted by Gasteiger charge is -2.32. The number of hydrogen-bond donors (Lipinski definition) is 2. The first kappa shape index (κ1) is 17.3. The number of nitrogens with one attached hydrogen (secondary N) is 1. The second-order valence-corrected chi connectivity index (χ2v) is 6.21. The van der Waals surface area contributed by atoms with Crippen molar-refractivity contribution < 1.29 is 14.3 Å². The van der Waals surface area contributed by atoms with Gasteiger partial charge >= 0.3 is 0 Å². The minimum atomic E-state index is -0.500. The predicted molar refractivity (Wildman–Crippen MR) is 94.0 cm³/mol. The van der Waals surface area contributed by atoms with Gasteiger partial charge in [0.25, 0.3) is 5.91 Å². The van der Waals surface area contributed by atoms with E-state index >= 15 is 0 Å². The molecule has 25 heavy (non-hydrogen) atoms. The van der Waals surface area contributed by atoms with Gasteiger partial charge in [-0.05, 0) is 37.6 Å². The third-order valence-electron chi connectivity index (χ3n) is 4.53. The van der Waals surface area contributed by atoms with Crippen molar-refractivity contribution in [1.82, 2.24) is 15.1 Å². The smallest absolute Gasteiger partial charge is 0.269 e. The second-order valence-electron chi connectivity index (χ2n) is 6.21. The molecule has 0 aliphatic carbocycles. The van der Waals surface area contributed by atoms with Crippen molar-refractivity contribution in [2.45, 2.75) is 18.8 Å². The Morgan fingerprint density at radius 3 is 2.92 bits per heavy atom. The van der Waals surface area contributed by atoms with E-state index in [0.717, 1.165) is 49.7 Å². The fraction of sp³-hybridized carbons (Fsp3) is 0.444. The van der Waals surface area contributed by atoms with Gasteiger partial charge in [-0.2, -0.15) is 5.10 Å². The van der Waals surface area contributed by atoms with Crippen LogP contribution in [-0.4, -0.2) is 54.4 Å². The monoisotopic (exact) mass is 344 g/mol. The molecule has 134 valence electrons. The maximum atomic E-state index is 11.2. The van der Waals surface area contributed by atoms with E-state index in [2.05, 4.69) is 15.1 Å². The number of aromatic nitrogens is 2. The molecule has 7 nitrogen and oxygen atoms in total. The van der Waals surface area contributed by atoms with Crippen molar-refractivity contribution in [3.63, 3.8) is 0 Å². The number of rotatable bonds is 7. The van der Waals surface area contributed by atoms with E-state index in [1.54, 1.807) is 13.2 Å². The van der Waals surface area contributed by atoms with Gasteiger partial charge in [-0.1, -0.05) is 12.1 Å². The van der Waals surface area contributed by atoms with Crippen LogP contribution in [0.4, 0.5) is 0 Å². The number of carbonyl (C=O) groups is 1. The molecule has 1 aliphatic heterocycles. The Bertz CT molecular complexity index is 716. The third-order valence-corrected chi connectivity index (χ3v) is 4.53.